The molecule has 1 saturated heterocycles. The van der Waals surface area contributed by atoms with Gasteiger partial charge in [-0.1, -0.05) is 36.8 Å². The first-order chi connectivity index (χ1) is 10.1. The van der Waals surface area contributed by atoms with Gasteiger partial charge in [-0.15, -0.1) is 0 Å². The average molecular weight is 289 g/mol. The van der Waals surface area contributed by atoms with E-state index in [2.05, 4.69) is 36.1 Å². The van der Waals surface area contributed by atoms with E-state index < -0.39 is 0 Å². The summed E-state index contributed by atoms with van der Waals surface area (Å²) in [6.07, 6.45) is 3.40. The number of nitrogens with zero attached hydrogens (tertiary/aromatic N) is 1. The number of esters is 1. The second-order valence-corrected chi connectivity index (χ2v) is 6.39. The first-order valence-electron chi connectivity index (χ1n) is 7.94. The Bertz CT molecular complexity index is 472. The highest BCUT2D eigenvalue weighted by Gasteiger charge is 2.24. The minimum atomic E-state index is -0.0780. The highest BCUT2D eigenvalue weighted by atomic mass is 16.5. The topological polar surface area (TPSA) is 29.5 Å². The van der Waals surface area contributed by atoms with Crippen LogP contribution in [0, 0.1) is 18.8 Å². The Kier molecular flexibility index (Phi) is 5.80. The van der Waals surface area contributed by atoms with Gasteiger partial charge in [0.05, 0.1) is 13.0 Å². The van der Waals surface area contributed by atoms with Crippen LogP contribution in [-0.4, -0.2) is 31.1 Å². The number of carbonyl (C=O) groups is 1. The first-order valence-corrected chi connectivity index (χ1v) is 7.94. The summed E-state index contributed by atoms with van der Waals surface area (Å²) in [6.45, 7) is 7.39. The molecule has 3 heteroatoms. The molecule has 0 aliphatic carbocycles. The van der Waals surface area contributed by atoms with Crippen LogP contribution < -0.4 is 0 Å². The fraction of sp³-hybridized carbons (Fsp3) is 0.611. The van der Waals surface area contributed by atoms with Gasteiger partial charge in [-0.3, -0.25) is 9.69 Å². The monoisotopic (exact) mass is 289 g/mol. The van der Waals surface area contributed by atoms with Crippen LogP contribution in [0.15, 0.2) is 24.3 Å². The molecule has 1 aromatic rings. The van der Waals surface area contributed by atoms with Gasteiger partial charge in [0.15, 0.2) is 0 Å². The second-order valence-electron chi connectivity index (χ2n) is 6.39. The van der Waals surface area contributed by atoms with Crippen molar-refractivity contribution in [3.63, 3.8) is 0 Å². The van der Waals surface area contributed by atoms with Crippen molar-refractivity contribution in [1.29, 1.82) is 0 Å². The second kappa shape index (κ2) is 7.60. The smallest absolute Gasteiger partial charge is 0.308 e. The molecule has 2 rings (SSSR count). The van der Waals surface area contributed by atoms with Crippen LogP contribution in [0.2, 0.25) is 0 Å². The van der Waals surface area contributed by atoms with E-state index in [4.69, 9.17) is 4.74 Å². The predicted molar refractivity (Wildman–Crippen MR) is 85.0 cm³/mol. The van der Waals surface area contributed by atoms with Crippen molar-refractivity contribution in [2.24, 2.45) is 11.8 Å². The number of hydrogen-bond donors (Lipinski definition) is 0. The molecule has 2 atom stereocenters. The van der Waals surface area contributed by atoms with Gasteiger partial charge < -0.3 is 4.74 Å². The van der Waals surface area contributed by atoms with Crippen molar-refractivity contribution in [3.05, 3.63) is 35.4 Å². The highest BCUT2D eigenvalue weighted by Crippen LogP contribution is 2.25. The van der Waals surface area contributed by atoms with E-state index in [1.54, 1.807) is 0 Å². The molecule has 0 bridgehead atoms. The maximum absolute atomic E-state index is 11.6. The Balaban J connectivity index is 1.87. The number of benzene rings is 1. The minimum absolute atomic E-state index is 0.0129. The Hall–Kier alpha value is -1.35. The zero-order valence-corrected chi connectivity index (χ0v) is 13.5. The molecule has 2 unspecified atom stereocenters. The number of carbonyl (C=O) groups excluding carboxylic acids is 1. The number of hydrogen-bond acceptors (Lipinski definition) is 3. The van der Waals surface area contributed by atoms with Gasteiger partial charge in [0.25, 0.3) is 0 Å². The summed E-state index contributed by atoms with van der Waals surface area (Å²) in [7, 11) is 1.48. The molecule has 1 aliphatic heterocycles. The van der Waals surface area contributed by atoms with Crippen LogP contribution in [0.1, 0.15) is 37.3 Å². The molecule has 0 amide bonds. The largest absolute Gasteiger partial charge is 0.469 e. The fourth-order valence-corrected chi connectivity index (χ4v) is 3.35. The molecule has 1 fully saturated rings. The molecule has 0 radical (unpaired) electrons. The third-order valence-corrected chi connectivity index (χ3v) is 4.38. The summed E-state index contributed by atoms with van der Waals surface area (Å²) >= 11 is 0. The zero-order chi connectivity index (χ0) is 15.2. The van der Waals surface area contributed by atoms with Gasteiger partial charge in [0.1, 0.15) is 0 Å². The lowest BCUT2D eigenvalue weighted by Crippen LogP contribution is -2.36. The average Bonchev–Trinajstić information content (AvgIpc) is 2.46. The molecule has 0 spiro atoms. The van der Waals surface area contributed by atoms with Gasteiger partial charge in [0, 0.05) is 13.1 Å². The third-order valence-electron chi connectivity index (χ3n) is 4.38. The molecule has 1 aliphatic rings. The van der Waals surface area contributed by atoms with Crippen molar-refractivity contribution in [2.75, 3.05) is 20.2 Å². The van der Waals surface area contributed by atoms with Gasteiger partial charge in [-0.05, 0) is 44.2 Å². The van der Waals surface area contributed by atoms with Crippen LogP contribution in [0.3, 0.4) is 0 Å². The lowest BCUT2D eigenvalue weighted by Gasteiger charge is -2.33. The van der Waals surface area contributed by atoms with E-state index in [1.807, 2.05) is 6.92 Å². The van der Waals surface area contributed by atoms with Crippen LogP contribution >= 0.6 is 0 Å². The van der Waals surface area contributed by atoms with Crippen LogP contribution in [-0.2, 0) is 16.1 Å². The van der Waals surface area contributed by atoms with E-state index in [0.29, 0.717) is 5.92 Å². The fourth-order valence-electron chi connectivity index (χ4n) is 3.35. The van der Waals surface area contributed by atoms with E-state index in [-0.39, 0.29) is 11.9 Å². The van der Waals surface area contributed by atoms with Crippen LogP contribution in [0.25, 0.3) is 0 Å². The number of methoxy groups -OCH3 is 1. The van der Waals surface area contributed by atoms with Crippen molar-refractivity contribution in [1.82, 2.24) is 4.90 Å². The SMILES string of the molecule is COC(=O)C(C)CC1CCCN(Cc2cccc(C)c2)C1. The molecule has 1 heterocycles. The molecule has 0 aromatic heterocycles. The summed E-state index contributed by atoms with van der Waals surface area (Å²) in [5.74, 6) is 0.544. The first kappa shape index (κ1) is 16.0. The number of rotatable bonds is 5. The van der Waals surface area contributed by atoms with Gasteiger partial charge in [-0.25, -0.2) is 0 Å². The molecular formula is C18H27NO2. The summed E-state index contributed by atoms with van der Waals surface area (Å²) in [5, 5.41) is 0. The predicted octanol–water partition coefficient (Wildman–Crippen LogP) is 3.41. The minimum Gasteiger partial charge on any atom is -0.469 e. The van der Waals surface area contributed by atoms with Gasteiger partial charge in [0.2, 0.25) is 0 Å². The van der Waals surface area contributed by atoms with E-state index in [0.717, 1.165) is 26.1 Å². The third kappa shape index (κ3) is 4.85. The quantitative estimate of drug-likeness (QED) is 0.778. The molecule has 116 valence electrons. The molecule has 0 saturated carbocycles. The Morgan fingerprint density at radius 3 is 3.00 bits per heavy atom. The summed E-state index contributed by atoms with van der Waals surface area (Å²) in [6, 6.07) is 8.74. The van der Waals surface area contributed by atoms with E-state index in [1.165, 1.54) is 31.1 Å². The Labute approximate surface area is 128 Å². The zero-order valence-electron chi connectivity index (χ0n) is 13.5. The van der Waals surface area contributed by atoms with E-state index >= 15 is 0 Å². The van der Waals surface area contributed by atoms with Gasteiger partial charge >= 0.3 is 5.97 Å². The number of aryl methyl sites for hydroxylation is 1. The standard InChI is InChI=1S/C18H27NO2/c1-14-6-4-7-16(10-14)12-19-9-5-8-17(13-19)11-15(2)18(20)21-3/h4,6-7,10,15,17H,5,8-9,11-13H2,1-3H3. The van der Waals surface area contributed by atoms with Crippen molar-refractivity contribution >= 4 is 5.97 Å². The van der Waals surface area contributed by atoms with Crippen molar-refractivity contribution < 1.29 is 9.53 Å². The number of likely N-dealkylation sites (tertiary alicyclic amines) is 1. The molecule has 3 nitrogen and oxygen atoms in total. The molecule has 0 N–H and O–H groups in total. The molecule has 1 aromatic carbocycles. The van der Waals surface area contributed by atoms with E-state index in [9.17, 15) is 4.79 Å². The Morgan fingerprint density at radius 1 is 1.48 bits per heavy atom. The van der Waals surface area contributed by atoms with Gasteiger partial charge in [-0.2, -0.15) is 0 Å². The lowest BCUT2D eigenvalue weighted by molar-refractivity contribution is -0.145. The Morgan fingerprint density at radius 2 is 2.29 bits per heavy atom. The maximum atomic E-state index is 11.6. The van der Waals surface area contributed by atoms with Crippen molar-refractivity contribution in [3.8, 4) is 0 Å². The van der Waals surface area contributed by atoms with Crippen LogP contribution in [0.5, 0.6) is 0 Å². The maximum Gasteiger partial charge on any atom is 0.308 e. The summed E-state index contributed by atoms with van der Waals surface area (Å²) in [4.78, 5) is 14.1. The molecular weight excluding hydrogens is 262 g/mol. The summed E-state index contributed by atoms with van der Waals surface area (Å²) in [5.41, 5.74) is 2.71. The molecule has 21 heavy (non-hydrogen) atoms. The normalized spacial score (nSPS) is 21.0. The number of ether oxygens (including phenoxy) is 1. The number of piperidine rings is 1. The lowest BCUT2D eigenvalue weighted by atomic mass is 9.89. The highest BCUT2D eigenvalue weighted by molar-refractivity contribution is 5.71. The van der Waals surface area contributed by atoms with Crippen LogP contribution in [0.4, 0.5) is 0 Å². The van der Waals surface area contributed by atoms with Crippen molar-refractivity contribution in [2.45, 2.75) is 39.7 Å². The summed E-state index contributed by atoms with van der Waals surface area (Å²) < 4.78 is 4.84.